The number of hydrogen-bond acceptors (Lipinski definition) is 3. The minimum absolute atomic E-state index is 0.120. The molecular weight excluding hydrogens is 226 g/mol. The van der Waals surface area contributed by atoms with Crippen LogP contribution in [-0.2, 0) is 4.79 Å². The van der Waals surface area contributed by atoms with Crippen LogP contribution >= 0.6 is 0 Å². The van der Waals surface area contributed by atoms with Crippen LogP contribution in [0.2, 0.25) is 0 Å². The van der Waals surface area contributed by atoms with E-state index in [0.29, 0.717) is 18.6 Å². The van der Waals surface area contributed by atoms with Gasteiger partial charge in [-0.05, 0) is 26.2 Å². The van der Waals surface area contributed by atoms with Crippen molar-refractivity contribution >= 4 is 5.91 Å². The zero-order chi connectivity index (χ0) is 13.0. The minimum atomic E-state index is -0.120. The highest BCUT2D eigenvalue weighted by molar-refractivity contribution is 5.82. The van der Waals surface area contributed by atoms with E-state index in [1.807, 2.05) is 0 Å². The van der Waals surface area contributed by atoms with Gasteiger partial charge < -0.3 is 11.1 Å². The SMILES string of the molecule is CC1CCNC(=O)C(CN)N1C1CCCCCC1. The van der Waals surface area contributed by atoms with Gasteiger partial charge in [-0.2, -0.15) is 0 Å². The molecule has 2 aliphatic rings. The molecule has 4 nitrogen and oxygen atoms in total. The average molecular weight is 253 g/mol. The van der Waals surface area contributed by atoms with E-state index in [9.17, 15) is 4.79 Å². The van der Waals surface area contributed by atoms with Crippen molar-refractivity contribution < 1.29 is 4.79 Å². The molecular formula is C14H27N3O. The first kappa shape index (κ1) is 13.8. The Morgan fingerprint density at radius 3 is 2.50 bits per heavy atom. The molecule has 104 valence electrons. The predicted molar refractivity (Wildman–Crippen MR) is 73.3 cm³/mol. The molecule has 2 unspecified atom stereocenters. The van der Waals surface area contributed by atoms with Gasteiger partial charge in [-0.3, -0.25) is 9.69 Å². The summed E-state index contributed by atoms with van der Waals surface area (Å²) in [5, 5.41) is 3.00. The van der Waals surface area contributed by atoms with Gasteiger partial charge in [0.1, 0.15) is 6.04 Å². The average Bonchev–Trinajstić information content (AvgIpc) is 2.69. The van der Waals surface area contributed by atoms with E-state index in [1.165, 1.54) is 38.5 Å². The van der Waals surface area contributed by atoms with Crippen molar-refractivity contribution in [2.24, 2.45) is 5.73 Å². The lowest BCUT2D eigenvalue weighted by Crippen LogP contribution is -2.55. The molecule has 0 spiro atoms. The molecule has 18 heavy (non-hydrogen) atoms. The summed E-state index contributed by atoms with van der Waals surface area (Å²) in [7, 11) is 0. The van der Waals surface area contributed by atoms with Gasteiger partial charge >= 0.3 is 0 Å². The summed E-state index contributed by atoms with van der Waals surface area (Å²) < 4.78 is 0. The van der Waals surface area contributed by atoms with Crippen LogP contribution in [-0.4, -0.2) is 42.0 Å². The number of amides is 1. The summed E-state index contributed by atoms with van der Waals surface area (Å²) in [6.07, 6.45) is 8.79. The van der Waals surface area contributed by atoms with Crippen LogP contribution in [0.5, 0.6) is 0 Å². The smallest absolute Gasteiger partial charge is 0.238 e. The summed E-state index contributed by atoms with van der Waals surface area (Å²) in [4.78, 5) is 14.5. The van der Waals surface area contributed by atoms with Crippen LogP contribution in [0.15, 0.2) is 0 Å². The van der Waals surface area contributed by atoms with Gasteiger partial charge in [0.05, 0.1) is 0 Å². The highest BCUT2D eigenvalue weighted by atomic mass is 16.2. The van der Waals surface area contributed by atoms with Gasteiger partial charge in [-0.15, -0.1) is 0 Å². The fraction of sp³-hybridized carbons (Fsp3) is 0.929. The molecule has 0 bridgehead atoms. The molecule has 2 rings (SSSR count). The summed E-state index contributed by atoms with van der Waals surface area (Å²) in [6.45, 7) is 3.47. The molecule has 1 saturated heterocycles. The molecule has 1 aliphatic carbocycles. The number of hydrogen-bond donors (Lipinski definition) is 2. The maximum atomic E-state index is 12.1. The number of carbonyl (C=O) groups excluding carboxylic acids is 1. The number of nitrogens with zero attached hydrogens (tertiary/aromatic N) is 1. The van der Waals surface area contributed by atoms with E-state index in [0.717, 1.165) is 13.0 Å². The lowest BCUT2D eigenvalue weighted by Gasteiger charge is -2.39. The minimum Gasteiger partial charge on any atom is -0.355 e. The molecule has 1 saturated carbocycles. The largest absolute Gasteiger partial charge is 0.355 e. The first-order valence-corrected chi connectivity index (χ1v) is 7.49. The molecule has 0 aromatic carbocycles. The lowest BCUT2D eigenvalue weighted by atomic mass is 10.0. The van der Waals surface area contributed by atoms with Crippen LogP contribution in [0.1, 0.15) is 51.9 Å². The van der Waals surface area contributed by atoms with Gasteiger partial charge in [0.2, 0.25) is 5.91 Å². The zero-order valence-electron chi connectivity index (χ0n) is 11.5. The van der Waals surface area contributed by atoms with Crippen molar-refractivity contribution in [1.82, 2.24) is 10.2 Å². The van der Waals surface area contributed by atoms with Crippen molar-refractivity contribution in [3.05, 3.63) is 0 Å². The van der Waals surface area contributed by atoms with E-state index < -0.39 is 0 Å². The fourth-order valence-corrected chi connectivity index (χ4v) is 3.51. The molecule has 0 radical (unpaired) electrons. The molecule has 0 aromatic rings. The summed E-state index contributed by atoms with van der Waals surface area (Å²) in [6, 6.07) is 0.895. The van der Waals surface area contributed by atoms with Gasteiger partial charge in [-0.1, -0.05) is 25.7 Å². The second-order valence-corrected chi connectivity index (χ2v) is 5.77. The van der Waals surface area contributed by atoms with Crippen LogP contribution in [0.4, 0.5) is 0 Å². The van der Waals surface area contributed by atoms with Crippen molar-refractivity contribution in [3.63, 3.8) is 0 Å². The maximum Gasteiger partial charge on any atom is 0.238 e. The van der Waals surface area contributed by atoms with E-state index in [-0.39, 0.29) is 11.9 Å². The van der Waals surface area contributed by atoms with E-state index in [4.69, 9.17) is 5.73 Å². The van der Waals surface area contributed by atoms with E-state index in [1.54, 1.807) is 0 Å². The van der Waals surface area contributed by atoms with Crippen molar-refractivity contribution in [3.8, 4) is 0 Å². The highest BCUT2D eigenvalue weighted by Gasteiger charge is 2.35. The Balaban J connectivity index is 2.14. The molecule has 0 aromatic heterocycles. The molecule has 1 heterocycles. The molecule has 1 amide bonds. The Kier molecular flexibility index (Phi) is 5.01. The summed E-state index contributed by atoms with van der Waals surface area (Å²) in [5.41, 5.74) is 5.86. The predicted octanol–water partition coefficient (Wildman–Crippen LogP) is 1.25. The van der Waals surface area contributed by atoms with E-state index in [2.05, 4.69) is 17.1 Å². The van der Waals surface area contributed by atoms with Crippen molar-refractivity contribution in [1.29, 1.82) is 0 Å². The van der Waals surface area contributed by atoms with Gasteiger partial charge in [-0.25, -0.2) is 0 Å². The Labute approximate surface area is 110 Å². The molecule has 1 aliphatic heterocycles. The van der Waals surface area contributed by atoms with Crippen LogP contribution in [0.3, 0.4) is 0 Å². The molecule has 2 atom stereocenters. The normalized spacial score (nSPS) is 32.7. The second kappa shape index (κ2) is 6.53. The number of carbonyl (C=O) groups is 1. The van der Waals surface area contributed by atoms with Crippen LogP contribution < -0.4 is 11.1 Å². The summed E-state index contributed by atoms with van der Waals surface area (Å²) >= 11 is 0. The Morgan fingerprint density at radius 2 is 1.89 bits per heavy atom. The van der Waals surface area contributed by atoms with Crippen molar-refractivity contribution in [2.45, 2.75) is 70.0 Å². The topological polar surface area (TPSA) is 58.4 Å². The molecule has 3 N–H and O–H groups in total. The zero-order valence-corrected chi connectivity index (χ0v) is 11.5. The standard InChI is InChI=1S/C14H27N3O/c1-11-8-9-16-14(18)13(10-15)17(11)12-6-4-2-3-5-7-12/h11-13H,2-10,15H2,1H3,(H,16,18). The van der Waals surface area contributed by atoms with Crippen LogP contribution in [0.25, 0.3) is 0 Å². The fourth-order valence-electron chi connectivity index (χ4n) is 3.51. The first-order valence-electron chi connectivity index (χ1n) is 7.49. The third-order valence-corrected chi connectivity index (χ3v) is 4.50. The second-order valence-electron chi connectivity index (χ2n) is 5.77. The third-order valence-electron chi connectivity index (χ3n) is 4.50. The molecule has 4 heteroatoms. The van der Waals surface area contributed by atoms with Gasteiger partial charge in [0.25, 0.3) is 0 Å². The monoisotopic (exact) mass is 253 g/mol. The summed E-state index contributed by atoms with van der Waals surface area (Å²) in [5.74, 6) is 0.131. The van der Waals surface area contributed by atoms with E-state index >= 15 is 0 Å². The number of rotatable bonds is 2. The quantitative estimate of drug-likeness (QED) is 0.728. The first-order chi connectivity index (χ1) is 8.74. The molecule has 2 fully saturated rings. The lowest BCUT2D eigenvalue weighted by molar-refractivity contribution is -0.126. The third kappa shape index (κ3) is 3.04. The Bertz CT molecular complexity index is 274. The van der Waals surface area contributed by atoms with Crippen LogP contribution in [0, 0.1) is 0 Å². The van der Waals surface area contributed by atoms with Gasteiger partial charge in [0, 0.05) is 25.2 Å². The highest BCUT2D eigenvalue weighted by Crippen LogP contribution is 2.27. The van der Waals surface area contributed by atoms with Gasteiger partial charge in [0.15, 0.2) is 0 Å². The Morgan fingerprint density at radius 1 is 1.22 bits per heavy atom. The van der Waals surface area contributed by atoms with Crippen molar-refractivity contribution in [2.75, 3.05) is 13.1 Å². The maximum absolute atomic E-state index is 12.1. The number of nitrogens with one attached hydrogen (secondary N) is 1. The number of nitrogens with two attached hydrogens (primary N) is 1. The Hall–Kier alpha value is -0.610.